The van der Waals surface area contributed by atoms with E-state index in [1.807, 2.05) is 56.0 Å². The van der Waals surface area contributed by atoms with Gasteiger partial charge in [-0.15, -0.1) is 0 Å². The van der Waals surface area contributed by atoms with Crippen LogP contribution in [0, 0.1) is 12.8 Å². The van der Waals surface area contributed by atoms with E-state index in [-0.39, 0.29) is 29.3 Å². The number of hydrogen-bond donors (Lipinski definition) is 2. The number of fused-ring (bicyclic) bond motifs is 1. The van der Waals surface area contributed by atoms with Crippen molar-refractivity contribution in [1.29, 1.82) is 0 Å². The van der Waals surface area contributed by atoms with Gasteiger partial charge >= 0.3 is 12.0 Å². The molecule has 2 aromatic carbocycles. The molecule has 5 rings (SSSR count). The van der Waals surface area contributed by atoms with Crippen LogP contribution in [0.15, 0.2) is 40.9 Å². The van der Waals surface area contributed by atoms with Crippen LogP contribution >= 0.6 is 0 Å². The molecule has 10 heteroatoms. The Balaban J connectivity index is 1.40. The summed E-state index contributed by atoms with van der Waals surface area (Å²) in [5, 5.41) is 9.96. The fourth-order valence-corrected chi connectivity index (χ4v) is 5.22. The third-order valence-corrected chi connectivity index (χ3v) is 7.31. The Morgan fingerprint density at radius 2 is 1.95 bits per heavy atom. The van der Waals surface area contributed by atoms with E-state index in [0.717, 1.165) is 27.8 Å². The number of urea groups is 1. The standard InChI is InChI=1S/C30H35N5O5/c1-17-32-27(40-34-17)24-14-23(24)26(36)31-15-20-9-10-21(18-7-6-8-19(13-18)28(37)39-5)22-11-12-35(16-25(20)22)29(38)33-30(2,3)4/h6-10,13,23-24H,11-12,14-16H2,1-5H3,(H,31,36)(H,33,38). The van der Waals surface area contributed by atoms with E-state index in [0.29, 0.717) is 49.8 Å². The first kappa shape index (κ1) is 27.4. The van der Waals surface area contributed by atoms with Gasteiger partial charge in [-0.05, 0) is 80.5 Å². The van der Waals surface area contributed by atoms with Crippen molar-refractivity contribution in [3.8, 4) is 11.1 Å². The summed E-state index contributed by atoms with van der Waals surface area (Å²) < 4.78 is 10.2. The maximum absolute atomic E-state index is 13.1. The number of aromatic nitrogens is 2. The van der Waals surface area contributed by atoms with Crippen LogP contribution in [0.1, 0.15) is 71.9 Å². The van der Waals surface area contributed by atoms with Gasteiger partial charge in [0.1, 0.15) is 0 Å². The summed E-state index contributed by atoms with van der Waals surface area (Å²) >= 11 is 0. The van der Waals surface area contributed by atoms with E-state index >= 15 is 0 Å². The smallest absolute Gasteiger partial charge is 0.337 e. The van der Waals surface area contributed by atoms with Gasteiger partial charge in [-0.3, -0.25) is 4.79 Å². The fourth-order valence-electron chi connectivity index (χ4n) is 5.22. The summed E-state index contributed by atoms with van der Waals surface area (Å²) in [6, 6.07) is 11.3. The lowest BCUT2D eigenvalue weighted by molar-refractivity contribution is -0.122. The van der Waals surface area contributed by atoms with Crippen molar-refractivity contribution in [3.63, 3.8) is 0 Å². The molecule has 1 aromatic heterocycles. The summed E-state index contributed by atoms with van der Waals surface area (Å²) in [6.45, 7) is 8.94. The molecule has 3 amide bonds. The molecular formula is C30H35N5O5. The summed E-state index contributed by atoms with van der Waals surface area (Å²) in [4.78, 5) is 44.3. The lowest BCUT2D eigenvalue weighted by Gasteiger charge is -2.34. The number of benzene rings is 2. The van der Waals surface area contributed by atoms with Crippen LogP contribution in [-0.2, 0) is 29.0 Å². The van der Waals surface area contributed by atoms with Crippen LogP contribution in [0.5, 0.6) is 0 Å². The van der Waals surface area contributed by atoms with Crippen LogP contribution in [0.4, 0.5) is 4.79 Å². The van der Waals surface area contributed by atoms with Crippen molar-refractivity contribution >= 4 is 17.9 Å². The molecule has 10 nitrogen and oxygen atoms in total. The summed E-state index contributed by atoms with van der Waals surface area (Å²) in [5.41, 5.74) is 5.09. The zero-order valence-electron chi connectivity index (χ0n) is 23.5. The van der Waals surface area contributed by atoms with Gasteiger partial charge in [-0.2, -0.15) is 4.98 Å². The van der Waals surface area contributed by atoms with Crippen LogP contribution in [-0.4, -0.2) is 52.1 Å². The number of ether oxygens (including phenoxy) is 1. The molecule has 2 aliphatic rings. The minimum atomic E-state index is -0.394. The first-order valence-corrected chi connectivity index (χ1v) is 13.5. The van der Waals surface area contributed by atoms with Crippen LogP contribution in [0.2, 0.25) is 0 Å². The fraction of sp³-hybridized carbons (Fsp3) is 0.433. The second-order valence-corrected chi connectivity index (χ2v) is 11.5. The maximum Gasteiger partial charge on any atom is 0.337 e. The number of rotatable bonds is 6. The third kappa shape index (κ3) is 5.85. The van der Waals surface area contributed by atoms with Crippen molar-refractivity contribution in [1.82, 2.24) is 25.7 Å². The highest BCUT2D eigenvalue weighted by molar-refractivity contribution is 5.91. The van der Waals surface area contributed by atoms with Gasteiger partial charge in [0, 0.05) is 25.2 Å². The average molecular weight is 546 g/mol. The minimum Gasteiger partial charge on any atom is -0.465 e. The molecule has 2 atom stereocenters. The number of carbonyl (C=O) groups excluding carboxylic acids is 3. The number of methoxy groups -OCH3 is 1. The first-order valence-electron chi connectivity index (χ1n) is 13.5. The summed E-state index contributed by atoms with van der Waals surface area (Å²) in [7, 11) is 1.37. The highest BCUT2D eigenvalue weighted by Crippen LogP contribution is 2.46. The first-order chi connectivity index (χ1) is 19.0. The molecule has 0 bridgehead atoms. The molecule has 2 heterocycles. The van der Waals surface area contributed by atoms with E-state index < -0.39 is 5.97 Å². The number of hydrogen-bond acceptors (Lipinski definition) is 7. The number of amides is 3. The average Bonchev–Trinajstić information content (AvgIpc) is 3.62. The SMILES string of the molecule is COC(=O)c1cccc(-c2ccc(CNC(=O)C3CC3c3nc(C)no3)c3c2CCN(C(=O)NC(C)(C)C)C3)c1. The molecule has 1 fully saturated rings. The van der Waals surface area contributed by atoms with Crippen molar-refractivity contribution < 1.29 is 23.6 Å². The second-order valence-electron chi connectivity index (χ2n) is 11.5. The largest absolute Gasteiger partial charge is 0.465 e. The van der Waals surface area contributed by atoms with E-state index in [2.05, 4.69) is 20.8 Å². The molecule has 1 saturated carbocycles. The molecule has 40 heavy (non-hydrogen) atoms. The molecule has 3 aromatic rings. The van der Waals surface area contributed by atoms with Gasteiger partial charge in [-0.25, -0.2) is 9.59 Å². The molecular weight excluding hydrogens is 510 g/mol. The molecule has 210 valence electrons. The highest BCUT2D eigenvalue weighted by Gasteiger charge is 2.47. The molecule has 1 aliphatic carbocycles. The molecule has 0 saturated heterocycles. The van der Waals surface area contributed by atoms with Crippen molar-refractivity contribution in [3.05, 3.63) is 70.4 Å². The van der Waals surface area contributed by atoms with Crippen molar-refractivity contribution in [2.45, 2.75) is 65.1 Å². The van der Waals surface area contributed by atoms with Gasteiger partial charge < -0.3 is 24.8 Å². The van der Waals surface area contributed by atoms with Gasteiger partial charge in [-0.1, -0.05) is 29.4 Å². The van der Waals surface area contributed by atoms with Gasteiger partial charge in [0.2, 0.25) is 11.8 Å². The van der Waals surface area contributed by atoms with Gasteiger partial charge in [0.25, 0.3) is 0 Å². The van der Waals surface area contributed by atoms with Gasteiger partial charge in [0.05, 0.1) is 24.5 Å². The zero-order valence-corrected chi connectivity index (χ0v) is 23.5. The number of nitrogens with zero attached hydrogens (tertiary/aromatic N) is 3. The quantitative estimate of drug-likeness (QED) is 0.446. The zero-order chi connectivity index (χ0) is 28.6. The molecule has 2 unspecified atom stereocenters. The number of aryl methyl sites for hydroxylation is 1. The maximum atomic E-state index is 13.1. The molecule has 0 spiro atoms. The Bertz CT molecular complexity index is 1460. The van der Waals surface area contributed by atoms with Crippen molar-refractivity contribution in [2.75, 3.05) is 13.7 Å². The van der Waals surface area contributed by atoms with E-state index in [4.69, 9.17) is 9.26 Å². The highest BCUT2D eigenvalue weighted by atomic mass is 16.5. The lowest BCUT2D eigenvalue weighted by Crippen LogP contribution is -2.50. The monoisotopic (exact) mass is 545 g/mol. The van der Waals surface area contributed by atoms with Gasteiger partial charge in [0.15, 0.2) is 5.82 Å². The second kappa shape index (κ2) is 10.7. The Kier molecular flexibility index (Phi) is 7.35. The van der Waals surface area contributed by atoms with E-state index in [1.165, 1.54) is 7.11 Å². The van der Waals surface area contributed by atoms with Crippen molar-refractivity contribution in [2.24, 2.45) is 5.92 Å². The van der Waals surface area contributed by atoms with E-state index in [1.54, 1.807) is 13.0 Å². The van der Waals surface area contributed by atoms with Crippen LogP contribution < -0.4 is 10.6 Å². The van der Waals surface area contributed by atoms with Crippen LogP contribution in [0.3, 0.4) is 0 Å². The van der Waals surface area contributed by atoms with E-state index in [9.17, 15) is 14.4 Å². The van der Waals surface area contributed by atoms with Crippen LogP contribution in [0.25, 0.3) is 11.1 Å². The molecule has 1 aliphatic heterocycles. The predicted molar refractivity (Wildman–Crippen MR) is 147 cm³/mol. The predicted octanol–water partition coefficient (Wildman–Crippen LogP) is 4.12. The Morgan fingerprint density at radius 1 is 1.15 bits per heavy atom. The number of carbonyl (C=O) groups is 3. The Hall–Kier alpha value is -4.21. The minimum absolute atomic E-state index is 0.0452. The topological polar surface area (TPSA) is 127 Å². The Labute approximate surface area is 233 Å². The Morgan fingerprint density at radius 3 is 2.65 bits per heavy atom. The normalized spacial score (nSPS) is 18.1. The number of esters is 1. The lowest BCUT2D eigenvalue weighted by atomic mass is 9.87. The summed E-state index contributed by atoms with van der Waals surface area (Å²) in [5.74, 6) is 0.386. The summed E-state index contributed by atoms with van der Waals surface area (Å²) in [6.07, 6.45) is 1.33. The number of nitrogens with one attached hydrogen (secondary N) is 2. The third-order valence-electron chi connectivity index (χ3n) is 7.31. The molecule has 0 radical (unpaired) electrons. The molecule has 2 N–H and O–H groups in total.